The average Bonchev–Trinajstić information content (AvgIpc) is 3.17. The Morgan fingerprint density at radius 1 is 1.16 bits per heavy atom. The van der Waals surface area contributed by atoms with Gasteiger partial charge in [-0.3, -0.25) is 9.59 Å². The maximum absolute atomic E-state index is 13.5. The van der Waals surface area contributed by atoms with Crippen LogP contribution in [0.4, 0.5) is 5.69 Å². The van der Waals surface area contributed by atoms with Gasteiger partial charge < -0.3 is 19.5 Å². The molecular formula is C39H51ClN2O7S. The topological polar surface area (TPSA) is 122 Å². The van der Waals surface area contributed by atoms with E-state index in [1.807, 2.05) is 32.9 Å². The predicted octanol–water partition coefficient (Wildman–Crippen LogP) is 6.59. The Labute approximate surface area is 301 Å². The first-order chi connectivity index (χ1) is 23.4. The zero-order chi connectivity index (χ0) is 36.2. The van der Waals surface area contributed by atoms with Crippen LogP contribution in [0, 0.1) is 23.7 Å². The van der Waals surface area contributed by atoms with Gasteiger partial charge in [0.25, 0.3) is 5.91 Å². The van der Waals surface area contributed by atoms with Crippen LogP contribution < -0.4 is 14.4 Å². The zero-order valence-electron chi connectivity index (χ0n) is 30.0. The standard InChI is InChI=1S/C39H51ClN2O7S/c1-24-9-7-18-39(45,25(2)36(44)49-37(4,5)6)32-14-11-29(32)21-42-22-38(17-8-10-27-19-30(40)13-15-31(27)38)23-48-34-16-12-28(20-33(34)42)35(43)41-50(46,47)26(24)3/h7,12-13,15-16,18-20,24-26,29,32,45H,8-11,14,17,21-23H2,1-6H3,(H,41,43)/b18-7+/t24-,25+,26+,29-,32+,38-,39-/m0/s1. The number of ether oxygens (including phenoxy) is 2. The van der Waals surface area contributed by atoms with Gasteiger partial charge in [-0.25, -0.2) is 13.1 Å². The van der Waals surface area contributed by atoms with E-state index in [9.17, 15) is 23.1 Å². The summed E-state index contributed by atoms with van der Waals surface area (Å²) < 4.78 is 41.6. The van der Waals surface area contributed by atoms with Crippen molar-refractivity contribution < 1.29 is 32.6 Å². The first-order valence-corrected chi connectivity index (χ1v) is 19.8. The molecule has 272 valence electrons. The number of hydrogen-bond donors (Lipinski definition) is 2. The lowest BCUT2D eigenvalue weighted by molar-refractivity contribution is -0.173. The molecule has 2 N–H and O–H groups in total. The van der Waals surface area contributed by atoms with Crippen LogP contribution in [0.3, 0.4) is 0 Å². The second kappa shape index (κ2) is 13.5. The fraction of sp³-hybridized carbons (Fsp3) is 0.590. The maximum atomic E-state index is 13.5. The number of nitrogens with zero attached hydrogens (tertiary/aromatic N) is 1. The molecule has 1 saturated carbocycles. The summed E-state index contributed by atoms with van der Waals surface area (Å²) in [5.41, 5.74) is 0.697. The number of carbonyl (C=O) groups is 2. The molecular weight excluding hydrogens is 676 g/mol. The number of rotatable bonds is 2. The Balaban J connectivity index is 1.46. The lowest BCUT2D eigenvalue weighted by atomic mass is 9.60. The van der Waals surface area contributed by atoms with E-state index < -0.39 is 44.3 Å². The molecule has 9 nitrogen and oxygen atoms in total. The molecule has 2 bridgehead atoms. The van der Waals surface area contributed by atoms with Gasteiger partial charge in [0.05, 0.1) is 29.1 Å². The molecule has 11 heteroatoms. The Bertz CT molecular complexity index is 1790. The highest BCUT2D eigenvalue weighted by atomic mass is 35.5. The smallest absolute Gasteiger partial charge is 0.312 e. The van der Waals surface area contributed by atoms with E-state index in [4.69, 9.17) is 21.1 Å². The van der Waals surface area contributed by atoms with Gasteiger partial charge in [-0.05, 0) is 132 Å². The van der Waals surface area contributed by atoms with Crippen LogP contribution >= 0.6 is 11.6 Å². The Morgan fingerprint density at radius 3 is 2.62 bits per heavy atom. The third kappa shape index (κ3) is 7.04. The third-order valence-electron chi connectivity index (χ3n) is 11.6. The van der Waals surface area contributed by atoms with E-state index in [1.165, 1.54) is 11.1 Å². The second-order valence-corrected chi connectivity index (χ2v) is 18.6. The van der Waals surface area contributed by atoms with Crippen molar-refractivity contribution in [2.75, 3.05) is 24.6 Å². The number of sulfonamides is 1. The molecule has 4 aliphatic rings. The van der Waals surface area contributed by atoms with Gasteiger partial charge in [-0.2, -0.15) is 0 Å². The second-order valence-electron chi connectivity index (χ2n) is 16.2. The fourth-order valence-corrected chi connectivity index (χ4v) is 9.83. The summed E-state index contributed by atoms with van der Waals surface area (Å²) in [7, 11) is -4.05. The highest BCUT2D eigenvalue weighted by Gasteiger charge is 2.52. The third-order valence-corrected chi connectivity index (χ3v) is 13.8. The molecule has 0 radical (unpaired) electrons. The number of hydrogen-bond acceptors (Lipinski definition) is 8. The summed E-state index contributed by atoms with van der Waals surface area (Å²) in [5.74, 6) is -2.07. The number of benzene rings is 2. The molecule has 2 aromatic rings. The maximum Gasteiger partial charge on any atom is 0.312 e. The van der Waals surface area contributed by atoms with Crippen LogP contribution in [0.15, 0.2) is 48.6 Å². The molecule has 0 unspecified atom stereocenters. The van der Waals surface area contributed by atoms with Crippen molar-refractivity contribution in [3.63, 3.8) is 0 Å². The number of halogens is 1. The van der Waals surface area contributed by atoms with Crippen molar-refractivity contribution in [2.24, 2.45) is 23.7 Å². The lowest BCUT2D eigenvalue weighted by Crippen LogP contribution is -2.56. The van der Waals surface area contributed by atoms with Gasteiger partial charge in [-0.15, -0.1) is 0 Å². The normalized spacial score (nSPS) is 32.2. The summed E-state index contributed by atoms with van der Waals surface area (Å²) in [6.07, 6.45) is 8.17. The Morgan fingerprint density at radius 2 is 1.92 bits per heavy atom. The van der Waals surface area contributed by atoms with E-state index in [1.54, 1.807) is 51.1 Å². The summed E-state index contributed by atoms with van der Waals surface area (Å²) in [6, 6.07) is 11.2. The van der Waals surface area contributed by atoms with E-state index in [2.05, 4.69) is 15.7 Å². The molecule has 2 heterocycles. The fourth-order valence-electron chi connectivity index (χ4n) is 8.35. The minimum Gasteiger partial charge on any atom is -0.490 e. The van der Waals surface area contributed by atoms with Crippen molar-refractivity contribution in [1.82, 2.24) is 4.72 Å². The molecule has 7 atom stereocenters. The molecule has 0 aromatic heterocycles. The molecule has 2 aliphatic carbocycles. The number of amides is 1. The molecule has 1 fully saturated rings. The van der Waals surface area contributed by atoms with Crippen molar-refractivity contribution >= 4 is 39.2 Å². The first kappa shape index (κ1) is 36.7. The van der Waals surface area contributed by atoms with Gasteiger partial charge in [0.1, 0.15) is 11.4 Å². The van der Waals surface area contributed by atoms with Crippen molar-refractivity contribution in [1.29, 1.82) is 0 Å². The molecule has 50 heavy (non-hydrogen) atoms. The summed E-state index contributed by atoms with van der Waals surface area (Å²) in [6.45, 7) is 12.1. The molecule has 0 saturated heterocycles. The Hall–Kier alpha value is -3.08. The zero-order valence-corrected chi connectivity index (χ0v) is 31.6. The van der Waals surface area contributed by atoms with Crippen LogP contribution in [0.2, 0.25) is 5.02 Å². The van der Waals surface area contributed by atoms with E-state index in [0.29, 0.717) is 49.0 Å². The van der Waals surface area contributed by atoms with Crippen molar-refractivity contribution in [3.8, 4) is 5.75 Å². The van der Waals surface area contributed by atoms with Crippen molar-refractivity contribution in [3.05, 3.63) is 70.3 Å². The van der Waals surface area contributed by atoms with Gasteiger partial charge in [0.15, 0.2) is 0 Å². The molecule has 2 aromatic carbocycles. The van der Waals surface area contributed by atoms with Crippen LogP contribution in [0.5, 0.6) is 5.75 Å². The van der Waals surface area contributed by atoms with E-state index in [-0.39, 0.29) is 28.7 Å². The molecule has 6 rings (SSSR count). The minimum absolute atomic E-state index is 0.00734. The number of allylic oxidation sites excluding steroid dienone is 1. The van der Waals surface area contributed by atoms with Gasteiger partial charge in [-0.1, -0.05) is 36.7 Å². The number of carbonyl (C=O) groups excluding carboxylic acids is 2. The largest absolute Gasteiger partial charge is 0.490 e. The number of esters is 1. The van der Waals surface area contributed by atoms with Gasteiger partial charge in [0, 0.05) is 29.1 Å². The summed E-state index contributed by atoms with van der Waals surface area (Å²) >= 11 is 6.44. The number of anilines is 1. The number of aryl methyl sites for hydroxylation is 1. The van der Waals surface area contributed by atoms with Crippen LogP contribution in [0.1, 0.15) is 95.1 Å². The monoisotopic (exact) mass is 726 g/mol. The van der Waals surface area contributed by atoms with Crippen LogP contribution in [0.25, 0.3) is 0 Å². The highest BCUT2D eigenvalue weighted by Crippen LogP contribution is 2.50. The number of fused-ring (bicyclic) bond motifs is 4. The summed E-state index contributed by atoms with van der Waals surface area (Å²) in [5, 5.41) is 12.4. The Kier molecular flexibility index (Phi) is 9.89. The molecule has 2 aliphatic heterocycles. The van der Waals surface area contributed by atoms with Crippen LogP contribution in [-0.4, -0.2) is 61.5 Å². The quantitative estimate of drug-likeness (QED) is 0.263. The van der Waals surface area contributed by atoms with Gasteiger partial charge >= 0.3 is 5.97 Å². The first-order valence-electron chi connectivity index (χ1n) is 17.9. The van der Waals surface area contributed by atoms with E-state index in [0.717, 1.165) is 25.7 Å². The highest BCUT2D eigenvalue weighted by molar-refractivity contribution is 7.90. The SMILES string of the molecule is C[C@H](C(=O)OC(C)(C)C)[C@@]1(O)/C=C/C[C@H](C)[C@@H](C)S(=O)(=O)NC(=O)c2ccc3c(c2)N(C[C@@H]2CC[C@H]21)C[C@@]1(CCCc2cc(Cl)ccc21)CO3. The lowest BCUT2D eigenvalue weighted by Gasteiger charge is -2.50. The summed E-state index contributed by atoms with van der Waals surface area (Å²) in [4.78, 5) is 29.3. The van der Waals surface area contributed by atoms with Crippen LogP contribution in [-0.2, 0) is 31.4 Å². The molecule has 1 spiro atoms. The molecule has 1 amide bonds. The predicted molar refractivity (Wildman–Crippen MR) is 195 cm³/mol. The number of nitrogens with one attached hydrogen (secondary N) is 1. The number of aliphatic hydroxyl groups is 1. The van der Waals surface area contributed by atoms with Crippen molar-refractivity contribution in [2.45, 2.75) is 102 Å². The average molecular weight is 727 g/mol. The van der Waals surface area contributed by atoms with E-state index >= 15 is 0 Å². The van der Waals surface area contributed by atoms with Gasteiger partial charge in [0.2, 0.25) is 10.0 Å². The minimum atomic E-state index is -4.05.